The van der Waals surface area contributed by atoms with E-state index in [4.69, 9.17) is 51.1 Å². The molecule has 0 aliphatic rings. The molecular formula is C12H6BrCl4NO2. The number of nitrogens with one attached hydrogen (secondary N) is 1. The Morgan fingerprint density at radius 3 is 2.40 bits per heavy atom. The van der Waals surface area contributed by atoms with Gasteiger partial charge in [0.2, 0.25) is 5.78 Å². The molecule has 3 nitrogen and oxygen atoms in total. The number of hydrogen-bond acceptors (Lipinski definition) is 2. The molecule has 0 fully saturated rings. The van der Waals surface area contributed by atoms with Crippen molar-refractivity contribution >= 4 is 68.1 Å². The van der Waals surface area contributed by atoms with Gasteiger partial charge in [-0.25, -0.2) is 0 Å². The van der Waals surface area contributed by atoms with E-state index in [1.54, 1.807) is 0 Å². The van der Waals surface area contributed by atoms with Gasteiger partial charge in [0, 0.05) is 5.02 Å². The molecule has 0 atom stereocenters. The topological polar surface area (TPSA) is 42.1 Å². The molecule has 0 radical (unpaired) electrons. The van der Waals surface area contributed by atoms with E-state index in [0.717, 1.165) is 0 Å². The van der Waals surface area contributed by atoms with Gasteiger partial charge in [0.25, 0.3) is 0 Å². The molecule has 2 aromatic rings. The predicted molar refractivity (Wildman–Crippen MR) is 85.0 cm³/mol. The first kappa shape index (κ1) is 16.0. The summed E-state index contributed by atoms with van der Waals surface area (Å²) in [6, 6.07) is 2.95. The normalized spacial score (nSPS) is 10.7. The molecule has 1 heterocycles. The third-order valence-corrected chi connectivity index (χ3v) is 4.80. The van der Waals surface area contributed by atoms with Gasteiger partial charge in [-0.05, 0) is 28.1 Å². The first-order chi connectivity index (χ1) is 9.36. The molecule has 1 aromatic heterocycles. The van der Waals surface area contributed by atoms with Gasteiger partial charge in [0.05, 0.1) is 27.2 Å². The minimum absolute atomic E-state index is 0.161. The van der Waals surface area contributed by atoms with Gasteiger partial charge in [0.15, 0.2) is 0 Å². The second-order valence-electron chi connectivity index (χ2n) is 3.74. The summed E-state index contributed by atoms with van der Waals surface area (Å²) < 4.78 is 5.51. The molecule has 0 saturated carbocycles. The zero-order valence-corrected chi connectivity index (χ0v) is 14.5. The number of aromatic nitrogens is 1. The van der Waals surface area contributed by atoms with E-state index in [2.05, 4.69) is 20.9 Å². The summed E-state index contributed by atoms with van der Waals surface area (Å²) in [5, 5.41) is 0.943. The van der Waals surface area contributed by atoms with E-state index in [9.17, 15) is 4.79 Å². The Kier molecular flexibility index (Phi) is 4.92. The first-order valence-corrected chi connectivity index (χ1v) is 7.47. The van der Waals surface area contributed by atoms with Crippen LogP contribution in [0, 0.1) is 0 Å². The maximum atomic E-state index is 12.5. The van der Waals surface area contributed by atoms with Crippen molar-refractivity contribution in [1.29, 1.82) is 0 Å². The summed E-state index contributed by atoms with van der Waals surface area (Å²) in [5.74, 6) is -0.165. The largest absolute Gasteiger partial charge is 0.494 e. The van der Waals surface area contributed by atoms with Crippen molar-refractivity contribution in [2.45, 2.75) is 0 Å². The van der Waals surface area contributed by atoms with Gasteiger partial charge in [0.1, 0.15) is 16.6 Å². The second-order valence-corrected chi connectivity index (χ2v) is 6.13. The Bertz CT molecular complexity index is 699. The highest BCUT2D eigenvalue weighted by atomic mass is 79.9. The minimum Gasteiger partial charge on any atom is -0.494 e. The molecule has 20 heavy (non-hydrogen) atoms. The quantitative estimate of drug-likeness (QED) is 0.657. The van der Waals surface area contributed by atoms with Gasteiger partial charge >= 0.3 is 0 Å². The lowest BCUT2D eigenvalue weighted by Gasteiger charge is -2.09. The van der Waals surface area contributed by atoms with Crippen molar-refractivity contribution in [1.82, 2.24) is 4.98 Å². The van der Waals surface area contributed by atoms with Gasteiger partial charge in [-0.2, -0.15) is 0 Å². The summed E-state index contributed by atoms with van der Waals surface area (Å²) in [6.07, 6.45) is 0. The van der Waals surface area contributed by atoms with Crippen LogP contribution in [0.3, 0.4) is 0 Å². The lowest BCUT2D eigenvalue weighted by atomic mass is 10.1. The second kappa shape index (κ2) is 6.16. The molecule has 0 saturated heterocycles. The summed E-state index contributed by atoms with van der Waals surface area (Å²) in [6.45, 7) is 0. The van der Waals surface area contributed by atoms with Crippen LogP contribution in [0.4, 0.5) is 0 Å². The fourth-order valence-corrected chi connectivity index (χ4v) is 3.15. The predicted octanol–water partition coefficient (Wildman–Crippen LogP) is 5.63. The van der Waals surface area contributed by atoms with Crippen molar-refractivity contribution in [3.8, 4) is 5.75 Å². The minimum atomic E-state index is -0.396. The molecule has 0 unspecified atom stereocenters. The first-order valence-electron chi connectivity index (χ1n) is 5.17. The van der Waals surface area contributed by atoms with Crippen LogP contribution in [0.5, 0.6) is 5.75 Å². The SMILES string of the molecule is COc1c(Cl)cc(Cl)cc1C(=O)c1[nH]c(Cl)c(Cl)c1Br. The number of carbonyl (C=O) groups excluding carboxylic acids is 1. The number of carbonyl (C=O) groups is 1. The van der Waals surface area contributed by atoms with Crippen LogP contribution in [0.1, 0.15) is 16.1 Å². The molecule has 1 aromatic carbocycles. The average Bonchev–Trinajstić information content (AvgIpc) is 2.65. The maximum absolute atomic E-state index is 12.5. The van der Waals surface area contributed by atoms with Crippen LogP contribution < -0.4 is 4.74 Å². The Balaban J connectivity index is 2.61. The molecule has 8 heteroatoms. The lowest BCUT2D eigenvalue weighted by molar-refractivity contribution is 0.103. The fraction of sp³-hybridized carbons (Fsp3) is 0.0833. The molecule has 0 spiro atoms. The van der Waals surface area contributed by atoms with Crippen LogP contribution >= 0.6 is 62.3 Å². The van der Waals surface area contributed by atoms with Gasteiger partial charge in [-0.3, -0.25) is 4.79 Å². The number of ketones is 1. The number of rotatable bonds is 3. The van der Waals surface area contributed by atoms with E-state index in [0.29, 0.717) is 9.50 Å². The summed E-state index contributed by atoms with van der Waals surface area (Å²) >= 11 is 26.9. The number of benzene rings is 1. The molecule has 0 amide bonds. The molecule has 0 bridgehead atoms. The zero-order valence-electron chi connectivity index (χ0n) is 9.86. The highest BCUT2D eigenvalue weighted by molar-refractivity contribution is 9.10. The molecule has 1 N–H and O–H groups in total. The Morgan fingerprint density at radius 2 is 1.90 bits per heavy atom. The fourth-order valence-electron chi connectivity index (χ4n) is 1.65. The maximum Gasteiger partial charge on any atom is 0.214 e. The molecule has 0 aliphatic heterocycles. The highest BCUT2D eigenvalue weighted by Gasteiger charge is 2.24. The van der Waals surface area contributed by atoms with Crippen LogP contribution in [0.15, 0.2) is 16.6 Å². The third-order valence-electron chi connectivity index (χ3n) is 2.52. The van der Waals surface area contributed by atoms with Crippen molar-refractivity contribution in [3.63, 3.8) is 0 Å². The van der Waals surface area contributed by atoms with E-state index in [1.807, 2.05) is 0 Å². The third kappa shape index (κ3) is 2.81. The molecular weight excluding hydrogens is 412 g/mol. The van der Waals surface area contributed by atoms with E-state index in [-0.39, 0.29) is 32.2 Å². The summed E-state index contributed by atoms with van der Waals surface area (Å²) in [4.78, 5) is 15.2. The zero-order chi connectivity index (χ0) is 15.0. The summed E-state index contributed by atoms with van der Waals surface area (Å²) in [7, 11) is 1.41. The van der Waals surface area contributed by atoms with Crippen LogP contribution in [0.25, 0.3) is 0 Å². The molecule has 106 valence electrons. The highest BCUT2D eigenvalue weighted by Crippen LogP contribution is 2.38. The Labute approximate surface area is 143 Å². The van der Waals surface area contributed by atoms with E-state index < -0.39 is 5.78 Å². The number of hydrogen-bond donors (Lipinski definition) is 1. The van der Waals surface area contributed by atoms with Crippen LogP contribution in [0.2, 0.25) is 20.2 Å². The standard InChI is InChI=1S/C12H6BrCl4NO2/c1-20-11-5(2-4(14)3-6(11)15)10(19)9-7(13)8(16)12(17)18-9/h2-3,18H,1H3. The van der Waals surface area contributed by atoms with Crippen molar-refractivity contribution in [2.75, 3.05) is 7.11 Å². The van der Waals surface area contributed by atoms with E-state index >= 15 is 0 Å². The monoisotopic (exact) mass is 415 g/mol. The van der Waals surface area contributed by atoms with Crippen LogP contribution in [-0.4, -0.2) is 17.9 Å². The van der Waals surface area contributed by atoms with Gasteiger partial charge < -0.3 is 9.72 Å². The number of methoxy groups -OCH3 is 1. The molecule has 0 aliphatic carbocycles. The smallest absolute Gasteiger partial charge is 0.214 e. The van der Waals surface area contributed by atoms with Crippen LogP contribution in [-0.2, 0) is 0 Å². The van der Waals surface area contributed by atoms with Crippen molar-refractivity contribution < 1.29 is 9.53 Å². The summed E-state index contributed by atoms with van der Waals surface area (Å²) in [5.41, 5.74) is 0.400. The Morgan fingerprint density at radius 1 is 1.25 bits per heavy atom. The number of ether oxygens (including phenoxy) is 1. The molecule has 2 rings (SSSR count). The average molecular weight is 418 g/mol. The van der Waals surface area contributed by atoms with Crippen molar-refractivity contribution in [3.05, 3.63) is 48.1 Å². The van der Waals surface area contributed by atoms with E-state index in [1.165, 1.54) is 19.2 Å². The number of halogens is 5. The number of aromatic amines is 1. The van der Waals surface area contributed by atoms with Crippen molar-refractivity contribution in [2.24, 2.45) is 0 Å². The van der Waals surface area contributed by atoms with Gasteiger partial charge in [-0.15, -0.1) is 0 Å². The number of H-pyrrole nitrogens is 1. The lowest BCUT2D eigenvalue weighted by Crippen LogP contribution is -2.05. The van der Waals surface area contributed by atoms with Gasteiger partial charge in [-0.1, -0.05) is 46.4 Å². The Hall–Kier alpha value is -0.390.